The van der Waals surface area contributed by atoms with Crippen molar-refractivity contribution in [2.75, 3.05) is 19.1 Å². The fourth-order valence-electron chi connectivity index (χ4n) is 1.27. The summed E-state index contributed by atoms with van der Waals surface area (Å²) in [6.07, 6.45) is 4.30. The molecule has 0 radical (unpaired) electrons. The number of rotatable bonds is 5. The Bertz CT molecular complexity index is 449. The normalized spacial score (nSPS) is 11.6. The van der Waals surface area contributed by atoms with E-state index in [0.717, 1.165) is 24.5 Å². The molecule has 0 atom stereocenters. The lowest BCUT2D eigenvalue weighted by Gasteiger charge is -2.08. The van der Waals surface area contributed by atoms with E-state index < -0.39 is 9.73 Å². The minimum absolute atomic E-state index is 0.647. The Morgan fingerprint density at radius 3 is 2.29 bits per heavy atom. The lowest BCUT2D eigenvalue weighted by molar-refractivity contribution is 0.289. The van der Waals surface area contributed by atoms with Crippen molar-refractivity contribution < 1.29 is 8.95 Å². The van der Waals surface area contributed by atoms with Crippen LogP contribution in [0.2, 0.25) is 0 Å². The summed E-state index contributed by atoms with van der Waals surface area (Å²) in [6.45, 7) is 5.07. The molecule has 0 bridgehead atoms. The zero-order valence-electron chi connectivity index (χ0n) is 11.0. The van der Waals surface area contributed by atoms with E-state index in [-0.39, 0.29) is 0 Å². The molecule has 0 amide bonds. The molecular weight excluding hydrogens is 234 g/mol. The highest BCUT2D eigenvalue weighted by molar-refractivity contribution is 7.92. The number of hydrogen-bond donors (Lipinski definition) is 0. The molecule has 3 nitrogen and oxygen atoms in total. The van der Waals surface area contributed by atoms with Gasteiger partial charge in [0.2, 0.25) is 0 Å². The summed E-state index contributed by atoms with van der Waals surface area (Å²) in [7, 11) is -2.08. The Kier molecular flexibility index (Phi) is 5.00. The molecular formula is C13H21NO2S. The fourth-order valence-corrected chi connectivity index (χ4v) is 1.90. The molecule has 0 aromatic heterocycles. The molecule has 0 N–H and O–H groups in total. The van der Waals surface area contributed by atoms with Gasteiger partial charge in [0.15, 0.2) is 0 Å². The van der Waals surface area contributed by atoms with Gasteiger partial charge in [-0.25, -0.2) is 4.21 Å². The lowest BCUT2D eigenvalue weighted by Crippen LogP contribution is -2.00. The Balaban J connectivity index is 2.60. The standard InChI is InChI=1S/C13H21NO2S/c1-11(2)9-10-16-13-7-5-12(6-8-13)14-17(3,4)15/h5-8,11H,9-10H2,1-4H3. The van der Waals surface area contributed by atoms with Crippen LogP contribution in [0.4, 0.5) is 5.69 Å². The van der Waals surface area contributed by atoms with Crippen molar-refractivity contribution in [1.82, 2.24) is 0 Å². The van der Waals surface area contributed by atoms with Crippen molar-refractivity contribution in [3.63, 3.8) is 0 Å². The van der Waals surface area contributed by atoms with Gasteiger partial charge in [0, 0.05) is 22.2 Å². The van der Waals surface area contributed by atoms with E-state index in [9.17, 15) is 4.21 Å². The smallest absolute Gasteiger partial charge is 0.119 e. The molecule has 1 aromatic carbocycles. The Labute approximate surface area is 104 Å². The SMILES string of the molecule is CC(C)CCOc1ccc(N=S(C)(C)=O)cc1. The largest absolute Gasteiger partial charge is 0.494 e. The summed E-state index contributed by atoms with van der Waals surface area (Å²) in [4.78, 5) is 0. The quantitative estimate of drug-likeness (QED) is 0.808. The second-order valence-electron chi connectivity index (χ2n) is 4.80. The molecule has 0 aliphatic carbocycles. The molecule has 0 aliphatic rings. The van der Waals surface area contributed by atoms with Crippen molar-refractivity contribution in [2.24, 2.45) is 10.3 Å². The third kappa shape index (κ3) is 6.31. The fraction of sp³-hybridized carbons (Fsp3) is 0.538. The van der Waals surface area contributed by atoms with Gasteiger partial charge in [-0.15, -0.1) is 0 Å². The van der Waals surface area contributed by atoms with Gasteiger partial charge in [0.1, 0.15) is 5.75 Å². The summed E-state index contributed by atoms with van der Waals surface area (Å²) < 4.78 is 21.2. The van der Waals surface area contributed by atoms with E-state index in [1.54, 1.807) is 12.5 Å². The number of nitrogens with zero attached hydrogens (tertiary/aromatic N) is 1. The van der Waals surface area contributed by atoms with Crippen LogP contribution in [0.3, 0.4) is 0 Å². The van der Waals surface area contributed by atoms with Crippen LogP contribution in [0.1, 0.15) is 20.3 Å². The van der Waals surface area contributed by atoms with Crippen LogP contribution in [0.15, 0.2) is 28.6 Å². The molecule has 0 aliphatic heterocycles. The molecule has 0 unspecified atom stereocenters. The maximum atomic E-state index is 11.5. The van der Waals surface area contributed by atoms with Crippen LogP contribution in [0.5, 0.6) is 5.75 Å². The monoisotopic (exact) mass is 255 g/mol. The highest BCUT2D eigenvalue weighted by Gasteiger charge is 1.98. The van der Waals surface area contributed by atoms with Crippen molar-refractivity contribution in [2.45, 2.75) is 20.3 Å². The summed E-state index contributed by atoms with van der Waals surface area (Å²) in [5.74, 6) is 1.48. The predicted octanol–water partition coefficient (Wildman–Crippen LogP) is 3.47. The van der Waals surface area contributed by atoms with Gasteiger partial charge in [-0.2, -0.15) is 4.36 Å². The molecule has 0 heterocycles. The third-order valence-electron chi connectivity index (χ3n) is 2.13. The van der Waals surface area contributed by atoms with E-state index in [1.165, 1.54) is 0 Å². The van der Waals surface area contributed by atoms with Crippen LogP contribution < -0.4 is 4.74 Å². The van der Waals surface area contributed by atoms with E-state index in [4.69, 9.17) is 4.74 Å². The van der Waals surface area contributed by atoms with E-state index in [1.807, 2.05) is 24.3 Å². The lowest BCUT2D eigenvalue weighted by atomic mass is 10.1. The molecule has 0 spiro atoms. The van der Waals surface area contributed by atoms with Crippen LogP contribution in [-0.2, 0) is 9.73 Å². The molecule has 0 saturated heterocycles. The van der Waals surface area contributed by atoms with Crippen LogP contribution in [-0.4, -0.2) is 23.3 Å². The van der Waals surface area contributed by atoms with Gasteiger partial charge in [-0.3, -0.25) is 0 Å². The van der Waals surface area contributed by atoms with Crippen LogP contribution in [0.25, 0.3) is 0 Å². The first-order valence-electron chi connectivity index (χ1n) is 5.77. The topological polar surface area (TPSA) is 38.7 Å². The molecule has 0 fully saturated rings. The highest BCUT2D eigenvalue weighted by Crippen LogP contribution is 2.19. The first-order valence-corrected chi connectivity index (χ1v) is 8.10. The summed E-state index contributed by atoms with van der Waals surface area (Å²) in [5.41, 5.74) is 0.733. The van der Waals surface area contributed by atoms with Crippen LogP contribution >= 0.6 is 0 Å². The van der Waals surface area contributed by atoms with Crippen molar-refractivity contribution >= 4 is 15.4 Å². The van der Waals surface area contributed by atoms with Gasteiger partial charge in [0.05, 0.1) is 12.3 Å². The minimum Gasteiger partial charge on any atom is -0.494 e. The molecule has 0 saturated carbocycles. The average molecular weight is 255 g/mol. The Hall–Kier alpha value is -1.03. The van der Waals surface area contributed by atoms with Crippen LogP contribution in [0, 0.1) is 5.92 Å². The Morgan fingerprint density at radius 2 is 1.82 bits per heavy atom. The first kappa shape index (κ1) is 14.0. The van der Waals surface area contributed by atoms with E-state index >= 15 is 0 Å². The number of benzene rings is 1. The van der Waals surface area contributed by atoms with Gasteiger partial charge in [-0.1, -0.05) is 13.8 Å². The Morgan fingerprint density at radius 1 is 1.24 bits per heavy atom. The third-order valence-corrected chi connectivity index (χ3v) is 2.78. The average Bonchev–Trinajstić information content (AvgIpc) is 2.18. The maximum absolute atomic E-state index is 11.5. The molecule has 1 rings (SSSR count). The molecule has 96 valence electrons. The van der Waals surface area contributed by atoms with Crippen molar-refractivity contribution in [3.8, 4) is 5.75 Å². The number of hydrogen-bond acceptors (Lipinski definition) is 3. The molecule has 4 heteroatoms. The van der Waals surface area contributed by atoms with Gasteiger partial charge in [0.25, 0.3) is 0 Å². The molecule has 1 aromatic rings. The zero-order valence-corrected chi connectivity index (χ0v) is 11.8. The minimum atomic E-state index is -2.08. The second kappa shape index (κ2) is 6.05. The van der Waals surface area contributed by atoms with Gasteiger partial charge in [-0.05, 0) is 36.6 Å². The predicted molar refractivity (Wildman–Crippen MR) is 73.5 cm³/mol. The second-order valence-corrected chi connectivity index (χ2v) is 7.34. The van der Waals surface area contributed by atoms with Gasteiger partial charge < -0.3 is 4.74 Å². The maximum Gasteiger partial charge on any atom is 0.119 e. The van der Waals surface area contributed by atoms with Crippen molar-refractivity contribution in [3.05, 3.63) is 24.3 Å². The van der Waals surface area contributed by atoms with E-state index in [0.29, 0.717) is 5.92 Å². The van der Waals surface area contributed by atoms with Crippen molar-refractivity contribution in [1.29, 1.82) is 0 Å². The molecule has 17 heavy (non-hydrogen) atoms. The van der Waals surface area contributed by atoms with E-state index in [2.05, 4.69) is 18.2 Å². The summed E-state index contributed by atoms with van der Waals surface area (Å²) >= 11 is 0. The first-order chi connectivity index (χ1) is 7.87. The highest BCUT2D eigenvalue weighted by atomic mass is 32.2. The summed E-state index contributed by atoms with van der Waals surface area (Å²) in [6, 6.07) is 7.39. The number of ether oxygens (including phenoxy) is 1. The summed E-state index contributed by atoms with van der Waals surface area (Å²) in [5, 5.41) is 0. The zero-order chi connectivity index (χ0) is 12.9. The van der Waals surface area contributed by atoms with Gasteiger partial charge >= 0.3 is 0 Å².